The van der Waals surface area contributed by atoms with Crippen molar-refractivity contribution in [1.82, 2.24) is 20.2 Å². The van der Waals surface area contributed by atoms with Gasteiger partial charge in [-0.3, -0.25) is 9.59 Å². The van der Waals surface area contributed by atoms with Crippen LogP contribution in [0.4, 0.5) is 5.69 Å². The zero-order valence-corrected chi connectivity index (χ0v) is 21.8. The van der Waals surface area contributed by atoms with Crippen LogP contribution in [0.1, 0.15) is 87.1 Å². The van der Waals surface area contributed by atoms with Crippen LogP contribution in [0.2, 0.25) is 0 Å². The van der Waals surface area contributed by atoms with E-state index in [1.165, 1.54) is 56.7 Å². The third-order valence-corrected chi connectivity index (χ3v) is 7.68. The lowest BCUT2D eigenvalue weighted by Crippen LogP contribution is -2.14. The van der Waals surface area contributed by atoms with Gasteiger partial charge in [0, 0.05) is 17.7 Å². The van der Waals surface area contributed by atoms with Gasteiger partial charge in [-0.05, 0) is 53.1 Å². The Morgan fingerprint density at radius 3 is 2.47 bits per heavy atom. The van der Waals surface area contributed by atoms with Crippen molar-refractivity contribution in [1.29, 1.82) is 0 Å². The van der Waals surface area contributed by atoms with Crippen LogP contribution >= 0.6 is 11.8 Å². The predicted octanol–water partition coefficient (Wildman–Crippen LogP) is 6.42. The van der Waals surface area contributed by atoms with E-state index in [0.29, 0.717) is 29.2 Å². The maximum Gasteiger partial charge on any atom is 0.224 e. The minimum absolute atomic E-state index is 0.0105. The van der Waals surface area contributed by atoms with Crippen molar-refractivity contribution >= 4 is 29.1 Å². The zero-order chi connectivity index (χ0) is 25.2. The molecule has 4 rings (SSSR count). The number of unbranched alkanes of at least 4 members (excludes halogenated alkanes) is 8. The Balaban J connectivity index is 1.24. The van der Waals surface area contributed by atoms with Crippen LogP contribution in [-0.2, 0) is 11.2 Å². The molecule has 1 atom stereocenters. The molecule has 1 aliphatic carbocycles. The van der Waals surface area contributed by atoms with E-state index in [9.17, 15) is 9.59 Å². The highest BCUT2D eigenvalue weighted by atomic mass is 32.2. The number of rotatable bonds is 14. The van der Waals surface area contributed by atoms with Crippen LogP contribution in [-0.4, -0.2) is 37.1 Å². The molecule has 0 unspecified atom stereocenters. The number of nitrogens with zero attached hydrogens (tertiary/aromatic N) is 4. The van der Waals surface area contributed by atoms with E-state index in [0.717, 1.165) is 24.1 Å². The molecule has 0 saturated heterocycles. The Labute approximate surface area is 217 Å². The Hall–Kier alpha value is -3.00. The lowest BCUT2D eigenvalue weighted by Gasteiger charge is -2.08. The Morgan fingerprint density at radius 1 is 1.00 bits per heavy atom. The fourth-order valence-corrected chi connectivity index (χ4v) is 5.63. The van der Waals surface area contributed by atoms with Crippen LogP contribution in [0.25, 0.3) is 5.69 Å². The van der Waals surface area contributed by atoms with Crippen molar-refractivity contribution in [2.75, 3.05) is 5.32 Å². The summed E-state index contributed by atoms with van der Waals surface area (Å²) in [7, 11) is 0. The van der Waals surface area contributed by atoms with Crippen LogP contribution in [0, 0.1) is 0 Å². The van der Waals surface area contributed by atoms with Gasteiger partial charge in [0.15, 0.2) is 5.78 Å². The average molecular weight is 506 g/mol. The number of tetrazole rings is 1. The van der Waals surface area contributed by atoms with E-state index in [4.69, 9.17) is 0 Å². The number of thioether (sulfide) groups is 1. The molecule has 190 valence electrons. The molecule has 0 bridgehead atoms. The molecule has 0 fully saturated rings. The van der Waals surface area contributed by atoms with Crippen molar-refractivity contribution in [3.8, 4) is 5.69 Å². The molecule has 1 amide bonds. The summed E-state index contributed by atoms with van der Waals surface area (Å²) >= 11 is 1.38. The normalized spacial score (nSPS) is 14.7. The van der Waals surface area contributed by atoms with Crippen LogP contribution in [0.15, 0.2) is 53.7 Å². The number of Topliss-reactive ketones (excluding diaryl/α,β-unsaturated/α-hetero) is 1. The van der Waals surface area contributed by atoms with Gasteiger partial charge in [-0.15, -0.1) is 5.10 Å². The first kappa shape index (κ1) is 26.1. The number of fused-ring (bicyclic) bond motifs is 1. The van der Waals surface area contributed by atoms with Crippen LogP contribution in [0.3, 0.4) is 0 Å². The van der Waals surface area contributed by atoms with E-state index in [-0.39, 0.29) is 16.9 Å². The molecule has 0 aliphatic heterocycles. The highest BCUT2D eigenvalue weighted by Gasteiger charge is 2.33. The molecular formula is C28H35N5O2S. The number of carbonyl (C=O) groups excluding carboxylic acids is 2. The summed E-state index contributed by atoms with van der Waals surface area (Å²) in [6.45, 7) is 2.24. The van der Waals surface area contributed by atoms with Gasteiger partial charge in [0.05, 0.1) is 10.9 Å². The minimum Gasteiger partial charge on any atom is -0.326 e. The van der Waals surface area contributed by atoms with Crippen LogP contribution < -0.4 is 5.32 Å². The van der Waals surface area contributed by atoms with E-state index in [1.54, 1.807) is 4.68 Å². The second kappa shape index (κ2) is 13.3. The third kappa shape index (κ3) is 7.03. The quantitative estimate of drug-likeness (QED) is 0.254. The molecule has 36 heavy (non-hydrogen) atoms. The maximum atomic E-state index is 13.2. The molecule has 0 saturated carbocycles. The number of hydrogen-bond donors (Lipinski definition) is 1. The molecule has 2 aromatic carbocycles. The summed E-state index contributed by atoms with van der Waals surface area (Å²) in [6, 6.07) is 15.3. The van der Waals surface area contributed by atoms with Gasteiger partial charge in [0.25, 0.3) is 0 Å². The number of benzene rings is 2. The first-order chi connectivity index (χ1) is 17.7. The van der Waals surface area contributed by atoms with Crippen molar-refractivity contribution in [2.45, 2.75) is 88.0 Å². The van der Waals surface area contributed by atoms with Gasteiger partial charge < -0.3 is 5.32 Å². The van der Waals surface area contributed by atoms with E-state index < -0.39 is 0 Å². The molecule has 3 aromatic rings. The van der Waals surface area contributed by atoms with Crippen molar-refractivity contribution < 1.29 is 9.59 Å². The Kier molecular flexibility index (Phi) is 9.67. The largest absolute Gasteiger partial charge is 0.326 e. The summed E-state index contributed by atoms with van der Waals surface area (Å²) in [5, 5.41) is 15.3. The monoisotopic (exact) mass is 505 g/mol. The van der Waals surface area contributed by atoms with Gasteiger partial charge in [0.2, 0.25) is 11.1 Å². The Morgan fingerprint density at radius 2 is 1.72 bits per heavy atom. The number of para-hydroxylation sites is 1. The fourth-order valence-electron chi connectivity index (χ4n) is 4.55. The number of amides is 1. The van der Waals surface area contributed by atoms with Gasteiger partial charge >= 0.3 is 0 Å². The molecule has 1 aromatic heterocycles. The Bertz CT molecular complexity index is 1150. The second-order valence-corrected chi connectivity index (χ2v) is 10.6. The first-order valence-electron chi connectivity index (χ1n) is 13.1. The fraction of sp³-hybridized carbons (Fsp3) is 0.464. The highest BCUT2D eigenvalue weighted by molar-refractivity contribution is 8.00. The molecule has 0 spiro atoms. The molecular weight excluding hydrogens is 470 g/mol. The molecule has 1 aliphatic rings. The van der Waals surface area contributed by atoms with Gasteiger partial charge in [0.1, 0.15) is 0 Å². The lowest BCUT2D eigenvalue weighted by molar-refractivity contribution is -0.116. The number of carbonyl (C=O) groups is 2. The summed E-state index contributed by atoms with van der Waals surface area (Å²) < 4.78 is 1.65. The summed E-state index contributed by atoms with van der Waals surface area (Å²) in [5.74, 6) is 0.0592. The average Bonchev–Trinajstić information content (AvgIpc) is 3.48. The van der Waals surface area contributed by atoms with Gasteiger partial charge in [-0.25, -0.2) is 0 Å². The standard InChI is InChI=1S/C28H35N5O2S/c1-2-3-4-5-6-7-8-9-13-16-26(34)29-22-18-17-21-19-25(27(35)24(21)20-22)36-28-30-31-32-33(28)23-14-11-10-12-15-23/h10-12,14-15,17-18,20,25H,2-9,13,16,19H2,1H3,(H,29,34)/t25-/m0/s1. The molecule has 1 N–H and O–H groups in total. The second-order valence-electron chi connectivity index (χ2n) is 9.38. The number of aromatic nitrogens is 4. The molecule has 7 nitrogen and oxygen atoms in total. The lowest BCUT2D eigenvalue weighted by atomic mass is 10.1. The summed E-state index contributed by atoms with van der Waals surface area (Å²) in [4.78, 5) is 25.6. The zero-order valence-electron chi connectivity index (χ0n) is 21.0. The summed E-state index contributed by atoms with van der Waals surface area (Å²) in [6.07, 6.45) is 12.2. The number of anilines is 1. The smallest absolute Gasteiger partial charge is 0.224 e. The first-order valence-corrected chi connectivity index (χ1v) is 14.0. The van der Waals surface area contributed by atoms with Gasteiger partial charge in [-0.1, -0.05) is 94.3 Å². The molecule has 0 radical (unpaired) electrons. The van der Waals surface area contributed by atoms with Crippen LogP contribution in [0.5, 0.6) is 0 Å². The van der Waals surface area contributed by atoms with E-state index in [2.05, 4.69) is 27.8 Å². The van der Waals surface area contributed by atoms with E-state index >= 15 is 0 Å². The number of hydrogen-bond acceptors (Lipinski definition) is 6. The van der Waals surface area contributed by atoms with Crippen molar-refractivity contribution in [2.24, 2.45) is 0 Å². The van der Waals surface area contributed by atoms with E-state index in [1.807, 2.05) is 48.5 Å². The number of nitrogens with one attached hydrogen (secondary N) is 1. The topological polar surface area (TPSA) is 89.8 Å². The maximum absolute atomic E-state index is 13.2. The summed E-state index contributed by atoms with van der Waals surface area (Å²) in [5.41, 5.74) is 3.20. The predicted molar refractivity (Wildman–Crippen MR) is 144 cm³/mol. The SMILES string of the molecule is CCCCCCCCCCCC(=O)Nc1ccc2c(c1)C(=O)[C@@H](Sc1nnnn1-c1ccccc1)C2. The molecule has 8 heteroatoms. The van der Waals surface area contributed by atoms with Crippen molar-refractivity contribution in [3.63, 3.8) is 0 Å². The van der Waals surface area contributed by atoms with Crippen molar-refractivity contribution in [3.05, 3.63) is 59.7 Å². The number of ketones is 1. The highest BCUT2D eigenvalue weighted by Crippen LogP contribution is 2.35. The third-order valence-electron chi connectivity index (χ3n) is 6.55. The molecule has 1 heterocycles. The minimum atomic E-state index is -0.290. The van der Waals surface area contributed by atoms with Gasteiger partial charge in [-0.2, -0.15) is 4.68 Å².